The smallest absolute Gasteiger partial charge is 0.311 e. The van der Waals surface area contributed by atoms with Crippen LogP contribution >= 0.6 is 0 Å². The predicted molar refractivity (Wildman–Crippen MR) is 142 cm³/mol. The average Bonchev–Trinajstić information content (AvgIpc) is 2.92. The van der Waals surface area contributed by atoms with Crippen LogP contribution in [0.15, 0.2) is 30.3 Å². The lowest BCUT2D eigenvalue weighted by Crippen LogP contribution is -2.53. The van der Waals surface area contributed by atoms with Crippen molar-refractivity contribution in [2.24, 2.45) is 0 Å². The van der Waals surface area contributed by atoms with Gasteiger partial charge in [-0.25, -0.2) is 0 Å². The second-order valence-electron chi connectivity index (χ2n) is 9.75. The molecule has 0 fully saturated rings. The second kappa shape index (κ2) is 13.5. The first-order chi connectivity index (χ1) is 17.9. The van der Waals surface area contributed by atoms with Crippen LogP contribution in [0.2, 0.25) is 0 Å². The highest BCUT2D eigenvalue weighted by molar-refractivity contribution is 5.69. The standard InChI is InChI=1S/C29H42NO7/c1-30(14-12-29(32)37-16-8-6-7-15-31)13-11-22-19-27(35-4)28(36-5)20-23(22)24(30)17-21-9-10-25(33-2)26(18-21)34-3/h9-10,18-20,24,31H,6-8,11-17H2,1-5H3/q+1/t24-,30+/m0/s1. The molecule has 0 aliphatic carbocycles. The third-order valence-electron chi connectivity index (χ3n) is 7.42. The van der Waals surface area contributed by atoms with Gasteiger partial charge in [0.2, 0.25) is 0 Å². The number of hydrogen-bond donors (Lipinski definition) is 1. The van der Waals surface area contributed by atoms with Crippen molar-refractivity contribution >= 4 is 5.97 Å². The third-order valence-corrected chi connectivity index (χ3v) is 7.42. The number of fused-ring (bicyclic) bond motifs is 1. The lowest BCUT2D eigenvalue weighted by molar-refractivity contribution is -0.940. The van der Waals surface area contributed by atoms with Crippen LogP contribution < -0.4 is 18.9 Å². The van der Waals surface area contributed by atoms with E-state index in [1.54, 1.807) is 28.4 Å². The number of likely N-dealkylation sites (N-methyl/N-ethyl adjacent to an activating group) is 1. The molecule has 1 heterocycles. The van der Waals surface area contributed by atoms with E-state index >= 15 is 0 Å². The summed E-state index contributed by atoms with van der Waals surface area (Å²) in [5.41, 5.74) is 3.57. The van der Waals surface area contributed by atoms with Crippen molar-refractivity contribution in [3.63, 3.8) is 0 Å². The zero-order chi connectivity index (χ0) is 26.8. The van der Waals surface area contributed by atoms with E-state index in [-0.39, 0.29) is 18.6 Å². The minimum absolute atomic E-state index is 0.0963. The fourth-order valence-electron chi connectivity index (χ4n) is 5.16. The number of quaternary nitrogens is 1. The van der Waals surface area contributed by atoms with E-state index in [9.17, 15) is 4.79 Å². The normalized spacial score (nSPS) is 18.6. The Balaban J connectivity index is 1.87. The Hall–Kier alpha value is -2.97. The van der Waals surface area contributed by atoms with E-state index in [0.29, 0.717) is 41.3 Å². The van der Waals surface area contributed by atoms with Crippen LogP contribution in [0.25, 0.3) is 0 Å². The Morgan fingerprint density at radius 3 is 2.27 bits per heavy atom. The zero-order valence-corrected chi connectivity index (χ0v) is 22.9. The minimum atomic E-state index is -0.175. The van der Waals surface area contributed by atoms with E-state index in [4.69, 9.17) is 28.8 Å². The molecule has 2 atom stereocenters. The number of methoxy groups -OCH3 is 4. The van der Waals surface area contributed by atoms with Gasteiger partial charge in [-0.3, -0.25) is 4.79 Å². The Labute approximate surface area is 220 Å². The Morgan fingerprint density at radius 1 is 0.919 bits per heavy atom. The van der Waals surface area contributed by atoms with E-state index < -0.39 is 0 Å². The third kappa shape index (κ3) is 7.08. The van der Waals surface area contributed by atoms with Gasteiger partial charge in [-0.1, -0.05) is 6.07 Å². The minimum Gasteiger partial charge on any atom is -0.493 e. The van der Waals surface area contributed by atoms with Crippen molar-refractivity contribution in [3.05, 3.63) is 47.0 Å². The molecule has 2 aromatic rings. The molecule has 0 spiro atoms. The molecule has 0 unspecified atom stereocenters. The topological polar surface area (TPSA) is 83.5 Å². The van der Waals surface area contributed by atoms with Crippen LogP contribution in [0, 0.1) is 0 Å². The van der Waals surface area contributed by atoms with E-state index in [2.05, 4.69) is 25.2 Å². The van der Waals surface area contributed by atoms with Crippen molar-refractivity contribution < 1.29 is 38.1 Å². The highest BCUT2D eigenvalue weighted by Crippen LogP contribution is 2.43. The number of esters is 1. The molecule has 0 amide bonds. The van der Waals surface area contributed by atoms with Gasteiger partial charge >= 0.3 is 5.97 Å². The SMILES string of the molecule is COc1ccc(C[C@H]2c3cc(OC)c(OC)cc3CC[N@+]2(C)CCC(=O)OCCCCCO)cc1OC. The molecule has 8 heteroatoms. The van der Waals surface area contributed by atoms with Crippen LogP contribution in [0.1, 0.15) is 48.4 Å². The van der Waals surface area contributed by atoms with Crippen LogP contribution in [0.5, 0.6) is 23.0 Å². The van der Waals surface area contributed by atoms with Gasteiger partial charge in [-0.05, 0) is 54.7 Å². The highest BCUT2D eigenvalue weighted by Gasteiger charge is 2.40. The van der Waals surface area contributed by atoms with Crippen LogP contribution in [-0.4, -0.2) is 77.3 Å². The quantitative estimate of drug-likeness (QED) is 0.230. The molecule has 2 aromatic carbocycles. The molecule has 0 saturated heterocycles. The van der Waals surface area contributed by atoms with Gasteiger partial charge in [0.25, 0.3) is 0 Å². The lowest BCUT2D eigenvalue weighted by Gasteiger charge is -2.46. The zero-order valence-electron chi connectivity index (χ0n) is 22.9. The second-order valence-corrected chi connectivity index (χ2v) is 9.75. The summed E-state index contributed by atoms with van der Waals surface area (Å²) in [6.45, 7) is 2.13. The average molecular weight is 517 g/mol. The van der Waals surface area contributed by atoms with Gasteiger partial charge in [0.05, 0.1) is 61.6 Å². The first kappa shape index (κ1) is 28.6. The van der Waals surface area contributed by atoms with Gasteiger partial charge in [-0.15, -0.1) is 0 Å². The van der Waals surface area contributed by atoms with Gasteiger partial charge in [-0.2, -0.15) is 0 Å². The van der Waals surface area contributed by atoms with Crippen LogP contribution in [-0.2, 0) is 22.4 Å². The molecule has 8 nitrogen and oxygen atoms in total. The van der Waals surface area contributed by atoms with Gasteiger partial charge < -0.3 is 33.3 Å². The number of hydrogen-bond acceptors (Lipinski definition) is 7. The number of aliphatic hydroxyl groups excluding tert-OH is 1. The molecule has 0 aromatic heterocycles. The van der Waals surface area contributed by atoms with Crippen molar-refractivity contribution in [1.29, 1.82) is 0 Å². The van der Waals surface area contributed by atoms with Crippen LogP contribution in [0.3, 0.4) is 0 Å². The van der Waals surface area contributed by atoms with Gasteiger partial charge in [0.15, 0.2) is 23.0 Å². The van der Waals surface area contributed by atoms with Crippen molar-refractivity contribution in [2.45, 2.75) is 44.6 Å². The van der Waals surface area contributed by atoms with E-state index in [1.165, 1.54) is 11.1 Å². The summed E-state index contributed by atoms with van der Waals surface area (Å²) in [5.74, 6) is 2.65. The number of ether oxygens (including phenoxy) is 5. The van der Waals surface area contributed by atoms with E-state index in [1.807, 2.05) is 12.1 Å². The molecule has 1 aliphatic rings. The maximum absolute atomic E-state index is 12.6. The molecule has 37 heavy (non-hydrogen) atoms. The fourth-order valence-corrected chi connectivity index (χ4v) is 5.16. The number of nitrogens with zero attached hydrogens (tertiary/aromatic N) is 1. The van der Waals surface area contributed by atoms with Gasteiger partial charge in [0.1, 0.15) is 6.04 Å². The monoisotopic (exact) mass is 516 g/mol. The molecule has 3 rings (SSSR count). The number of aliphatic hydroxyl groups is 1. The molecule has 1 N–H and O–H groups in total. The fraction of sp³-hybridized carbons (Fsp3) is 0.552. The first-order valence-corrected chi connectivity index (χ1v) is 13.0. The Bertz CT molecular complexity index is 1040. The summed E-state index contributed by atoms with van der Waals surface area (Å²) in [4.78, 5) is 12.6. The molecular weight excluding hydrogens is 474 g/mol. The van der Waals surface area contributed by atoms with Gasteiger partial charge in [0, 0.05) is 25.0 Å². The Morgan fingerprint density at radius 2 is 1.59 bits per heavy atom. The predicted octanol–water partition coefficient (Wildman–Crippen LogP) is 4.10. The molecule has 1 aliphatic heterocycles. The maximum Gasteiger partial charge on any atom is 0.311 e. The summed E-state index contributed by atoms with van der Waals surface area (Å²) in [6, 6.07) is 10.3. The summed E-state index contributed by atoms with van der Waals surface area (Å²) in [7, 11) is 8.81. The maximum atomic E-state index is 12.6. The van der Waals surface area contributed by atoms with E-state index in [0.717, 1.165) is 50.0 Å². The highest BCUT2D eigenvalue weighted by atomic mass is 16.5. The number of carbonyl (C=O) groups is 1. The summed E-state index contributed by atoms with van der Waals surface area (Å²) in [5, 5.41) is 8.91. The van der Waals surface area contributed by atoms with Crippen molar-refractivity contribution in [2.75, 3.05) is 61.8 Å². The van der Waals surface area contributed by atoms with Crippen LogP contribution in [0.4, 0.5) is 0 Å². The molecule has 0 radical (unpaired) electrons. The number of carbonyl (C=O) groups excluding carboxylic acids is 1. The molecule has 0 saturated carbocycles. The Kier molecular flexibility index (Phi) is 10.5. The number of benzene rings is 2. The first-order valence-electron chi connectivity index (χ1n) is 13.0. The molecular formula is C29H42NO7+. The summed E-state index contributed by atoms with van der Waals surface area (Å²) >= 11 is 0. The number of unbranched alkanes of at least 4 members (excludes halogenated alkanes) is 2. The largest absolute Gasteiger partial charge is 0.493 e. The van der Waals surface area contributed by atoms with Crippen molar-refractivity contribution in [1.82, 2.24) is 0 Å². The molecule has 204 valence electrons. The molecule has 0 bridgehead atoms. The number of rotatable bonds is 14. The summed E-state index contributed by atoms with van der Waals surface area (Å²) in [6.07, 6.45) is 4.35. The summed E-state index contributed by atoms with van der Waals surface area (Å²) < 4.78 is 28.4. The van der Waals surface area contributed by atoms with Crippen molar-refractivity contribution in [3.8, 4) is 23.0 Å². The lowest BCUT2D eigenvalue weighted by atomic mass is 9.86.